The number of rotatable bonds is 7. The summed E-state index contributed by atoms with van der Waals surface area (Å²) in [6.07, 6.45) is 0.864. The zero-order valence-corrected chi connectivity index (χ0v) is 13.4. The zero-order valence-electron chi connectivity index (χ0n) is 12.5. The summed E-state index contributed by atoms with van der Waals surface area (Å²) in [5.41, 5.74) is 6.28. The van der Waals surface area contributed by atoms with Crippen molar-refractivity contribution in [2.45, 2.75) is 32.9 Å². The minimum Gasteiger partial charge on any atom is -0.346 e. The van der Waals surface area contributed by atoms with Crippen molar-refractivity contribution >= 4 is 24.2 Å². The second-order valence-corrected chi connectivity index (χ2v) is 4.75. The number of hydrogen-bond donors (Lipinski definition) is 2. The summed E-state index contributed by atoms with van der Waals surface area (Å²) in [7, 11) is 0. The molecule has 0 fully saturated rings. The molecule has 0 saturated carbocycles. The van der Waals surface area contributed by atoms with Crippen molar-refractivity contribution in [2.24, 2.45) is 5.73 Å². The van der Waals surface area contributed by atoms with Crippen molar-refractivity contribution in [1.29, 1.82) is 0 Å². The van der Waals surface area contributed by atoms with Crippen LogP contribution in [0.1, 0.15) is 25.8 Å². The lowest BCUT2D eigenvalue weighted by molar-refractivity contribution is -0.135. The maximum atomic E-state index is 12.2. The molecule has 1 aromatic carbocycles. The third kappa shape index (κ3) is 6.60. The molecule has 0 heterocycles. The van der Waals surface area contributed by atoms with Crippen molar-refractivity contribution < 1.29 is 9.59 Å². The lowest BCUT2D eigenvalue weighted by atomic mass is 10.1. The van der Waals surface area contributed by atoms with Gasteiger partial charge in [0.1, 0.15) is 0 Å². The number of benzene rings is 1. The fourth-order valence-corrected chi connectivity index (χ4v) is 1.84. The van der Waals surface area contributed by atoms with Gasteiger partial charge in [-0.15, -0.1) is 12.4 Å². The molecule has 0 spiro atoms. The van der Waals surface area contributed by atoms with Crippen molar-refractivity contribution in [3.05, 3.63) is 35.9 Å². The van der Waals surface area contributed by atoms with E-state index in [9.17, 15) is 9.59 Å². The first-order valence-electron chi connectivity index (χ1n) is 6.88. The van der Waals surface area contributed by atoms with Crippen molar-refractivity contribution in [3.63, 3.8) is 0 Å². The van der Waals surface area contributed by atoms with Gasteiger partial charge in [-0.1, -0.05) is 37.3 Å². The Morgan fingerprint density at radius 2 is 1.90 bits per heavy atom. The van der Waals surface area contributed by atoms with E-state index in [2.05, 4.69) is 5.32 Å². The Kier molecular flexibility index (Phi) is 9.41. The van der Waals surface area contributed by atoms with Gasteiger partial charge in [0.25, 0.3) is 0 Å². The molecular weight excluding hydrogens is 290 g/mol. The average Bonchev–Trinajstić information content (AvgIpc) is 2.50. The van der Waals surface area contributed by atoms with E-state index in [1.54, 1.807) is 4.90 Å². The molecule has 0 aliphatic carbocycles. The first-order valence-corrected chi connectivity index (χ1v) is 6.88. The Morgan fingerprint density at radius 3 is 2.43 bits per heavy atom. The van der Waals surface area contributed by atoms with E-state index in [0.29, 0.717) is 6.54 Å². The van der Waals surface area contributed by atoms with Crippen LogP contribution in [0.4, 0.5) is 0 Å². The molecule has 21 heavy (non-hydrogen) atoms. The van der Waals surface area contributed by atoms with Crippen LogP contribution in [-0.2, 0) is 16.1 Å². The smallest absolute Gasteiger partial charge is 0.242 e. The third-order valence-electron chi connectivity index (χ3n) is 3.26. The zero-order chi connectivity index (χ0) is 15.0. The summed E-state index contributed by atoms with van der Waals surface area (Å²) in [5, 5.41) is 2.52. The minimum atomic E-state index is -0.317. The number of amides is 2. The molecule has 0 radical (unpaired) electrons. The van der Waals surface area contributed by atoms with Gasteiger partial charge in [-0.25, -0.2) is 0 Å². The van der Waals surface area contributed by atoms with Crippen LogP contribution in [0.25, 0.3) is 0 Å². The van der Waals surface area contributed by atoms with Crippen LogP contribution in [0, 0.1) is 0 Å². The molecule has 0 aliphatic heterocycles. The predicted octanol–water partition coefficient (Wildman–Crippen LogP) is 1.31. The largest absolute Gasteiger partial charge is 0.346 e. The fraction of sp³-hybridized carbons (Fsp3) is 0.467. The van der Waals surface area contributed by atoms with E-state index >= 15 is 0 Å². The van der Waals surface area contributed by atoms with E-state index in [1.807, 2.05) is 44.2 Å². The Bertz CT molecular complexity index is 440. The van der Waals surface area contributed by atoms with E-state index in [-0.39, 0.29) is 43.4 Å². The predicted molar refractivity (Wildman–Crippen MR) is 86.1 cm³/mol. The first-order chi connectivity index (χ1) is 9.58. The molecule has 1 rings (SSSR count). The SMILES string of the molecule is CCC(C)N(Cc1ccccc1)C(=O)CNC(=O)CN.Cl. The molecular formula is C15H24ClN3O2. The van der Waals surface area contributed by atoms with Crippen molar-refractivity contribution in [1.82, 2.24) is 10.2 Å². The summed E-state index contributed by atoms with van der Waals surface area (Å²) in [6.45, 7) is 4.48. The number of nitrogens with zero attached hydrogens (tertiary/aromatic N) is 1. The number of nitrogens with one attached hydrogen (secondary N) is 1. The van der Waals surface area contributed by atoms with Crippen LogP contribution in [0.2, 0.25) is 0 Å². The highest BCUT2D eigenvalue weighted by Crippen LogP contribution is 2.10. The van der Waals surface area contributed by atoms with Crippen LogP contribution >= 0.6 is 12.4 Å². The van der Waals surface area contributed by atoms with Gasteiger partial charge in [0.15, 0.2) is 0 Å². The Labute approximate surface area is 132 Å². The van der Waals surface area contributed by atoms with E-state index < -0.39 is 0 Å². The summed E-state index contributed by atoms with van der Waals surface area (Å²) >= 11 is 0. The summed E-state index contributed by atoms with van der Waals surface area (Å²) in [4.78, 5) is 25.2. The molecule has 0 aromatic heterocycles. The van der Waals surface area contributed by atoms with Crippen LogP contribution in [0.5, 0.6) is 0 Å². The highest BCUT2D eigenvalue weighted by molar-refractivity contribution is 5.86. The summed E-state index contributed by atoms with van der Waals surface area (Å²) in [5.74, 6) is -0.410. The van der Waals surface area contributed by atoms with Gasteiger partial charge < -0.3 is 16.0 Å². The number of carbonyl (C=O) groups is 2. The summed E-state index contributed by atoms with van der Waals surface area (Å²) < 4.78 is 0. The molecule has 0 bridgehead atoms. The van der Waals surface area contributed by atoms with Gasteiger partial charge in [0.2, 0.25) is 11.8 Å². The molecule has 6 heteroatoms. The molecule has 5 nitrogen and oxygen atoms in total. The van der Waals surface area contributed by atoms with E-state index in [1.165, 1.54) is 0 Å². The lowest BCUT2D eigenvalue weighted by Gasteiger charge is -2.29. The molecule has 1 atom stereocenters. The summed E-state index contributed by atoms with van der Waals surface area (Å²) in [6, 6.07) is 9.94. The quantitative estimate of drug-likeness (QED) is 0.797. The first kappa shape index (κ1) is 19.4. The molecule has 1 aromatic rings. The van der Waals surface area contributed by atoms with Crippen LogP contribution in [0.3, 0.4) is 0 Å². The third-order valence-corrected chi connectivity index (χ3v) is 3.26. The molecule has 0 aliphatic rings. The molecule has 118 valence electrons. The normalized spacial score (nSPS) is 11.2. The molecule has 3 N–H and O–H groups in total. The number of hydrogen-bond acceptors (Lipinski definition) is 3. The molecule has 0 saturated heterocycles. The van der Waals surface area contributed by atoms with Crippen LogP contribution in [0.15, 0.2) is 30.3 Å². The Balaban J connectivity index is 0.00000400. The van der Waals surface area contributed by atoms with Gasteiger partial charge in [-0.05, 0) is 18.9 Å². The Hall–Kier alpha value is -1.59. The average molecular weight is 314 g/mol. The number of carbonyl (C=O) groups excluding carboxylic acids is 2. The number of halogens is 1. The molecule has 2 amide bonds. The van der Waals surface area contributed by atoms with E-state index in [4.69, 9.17) is 5.73 Å². The fourth-order valence-electron chi connectivity index (χ4n) is 1.84. The van der Waals surface area contributed by atoms with Gasteiger partial charge in [0, 0.05) is 12.6 Å². The van der Waals surface area contributed by atoms with Gasteiger partial charge in [-0.3, -0.25) is 9.59 Å². The maximum absolute atomic E-state index is 12.2. The van der Waals surface area contributed by atoms with Gasteiger partial charge >= 0.3 is 0 Å². The minimum absolute atomic E-state index is 0. The topological polar surface area (TPSA) is 75.4 Å². The van der Waals surface area contributed by atoms with Crippen LogP contribution < -0.4 is 11.1 Å². The maximum Gasteiger partial charge on any atom is 0.242 e. The second-order valence-electron chi connectivity index (χ2n) is 4.75. The molecule has 1 unspecified atom stereocenters. The monoisotopic (exact) mass is 313 g/mol. The highest BCUT2D eigenvalue weighted by Gasteiger charge is 2.19. The highest BCUT2D eigenvalue weighted by atomic mass is 35.5. The van der Waals surface area contributed by atoms with Gasteiger partial charge in [-0.2, -0.15) is 0 Å². The Morgan fingerprint density at radius 1 is 1.29 bits per heavy atom. The number of nitrogens with two attached hydrogens (primary N) is 1. The lowest BCUT2D eigenvalue weighted by Crippen LogP contribution is -2.45. The van der Waals surface area contributed by atoms with Crippen LogP contribution in [-0.4, -0.2) is 35.8 Å². The van der Waals surface area contributed by atoms with E-state index in [0.717, 1.165) is 12.0 Å². The van der Waals surface area contributed by atoms with Crippen molar-refractivity contribution in [3.8, 4) is 0 Å². The second kappa shape index (κ2) is 10.2. The van der Waals surface area contributed by atoms with Gasteiger partial charge in [0.05, 0.1) is 13.1 Å². The van der Waals surface area contributed by atoms with Crippen molar-refractivity contribution in [2.75, 3.05) is 13.1 Å². The standard InChI is InChI=1S/C15H23N3O2.ClH/c1-3-12(2)18(11-13-7-5-4-6-8-13)15(20)10-17-14(19)9-16;/h4-8,12H,3,9-11,16H2,1-2H3,(H,17,19);1H.